The molecule has 0 spiro atoms. The third-order valence-corrected chi connectivity index (χ3v) is 3.48. The summed E-state index contributed by atoms with van der Waals surface area (Å²) >= 11 is 0. The first kappa shape index (κ1) is 16.0. The van der Waals surface area contributed by atoms with Gasteiger partial charge in [-0.05, 0) is 37.6 Å². The first-order valence-corrected chi connectivity index (χ1v) is 7.33. The first-order chi connectivity index (χ1) is 10.6. The van der Waals surface area contributed by atoms with Crippen LogP contribution in [0.1, 0.15) is 24.1 Å². The van der Waals surface area contributed by atoms with Crippen molar-refractivity contribution in [2.75, 3.05) is 19.0 Å². The van der Waals surface area contributed by atoms with Gasteiger partial charge in [0.15, 0.2) is 0 Å². The van der Waals surface area contributed by atoms with E-state index in [2.05, 4.69) is 10.6 Å². The molecule has 116 valence electrons. The van der Waals surface area contributed by atoms with Crippen LogP contribution in [0.2, 0.25) is 0 Å². The molecule has 22 heavy (non-hydrogen) atoms. The molecule has 0 aliphatic carbocycles. The van der Waals surface area contributed by atoms with Crippen molar-refractivity contribution in [1.29, 1.82) is 0 Å². The molecule has 4 heteroatoms. The standard InChI is InChI=1S/C18H22N2O2/c1-13-7-6-8-15(11-13)20-18(21)12-19-14(2)16-9-4-5-10-17(16)22-3/h4-11,14,19H,12H2,1-3H3,(H,20,21). The fourth-order valence-corrected chi connectivity index (χ4v) is 2.31. The van der Waals surface area contributed by atoms with E-state index in [4.69, 9.17) is 4.74 Å². The molecule has 0 aliphatic heterocycles. The summed E-state index contributed by atoms with van der Waals surface area (Å²) in [5.74, 6) is 0.758. The maximum absolute atomic E-state index is 12.0. The molecule has 0 aliphatic rings. The van der Waals surface area contributed by atoms with Gasteiger partial charge in [-0.1, -0.05) is 30.3 Å². The second-order valence-electron chi connectivity index (χ2n) is 5.26. The number of carbonyl (C=O) groups is 1. The Labute approximate surface area is 131 Å². The lowest BCUT2D eigenvalue weighted by atomic mass is 10.1. The van der Waals surface area contributed by atoms with Gasteiger partial charge in [0, 0.05) is 17.3 Å². The summed E-state index contributed by atoms with van der Waals surface area (Å²) in [4.78, 5) is 12.0. The number of amides is 1. The quantitative estimate of drug-likeness (QED) is 0.860. The van der Waals surface area contributed by atoms with E-state index < -0.39 is 0 Å². The number of methoxy groups -OCH3 is 1. The number of benzene rings is 2. The van der Waals surface area contributed by atoms with Gasteiger partial charge in [-0.15, -0.1) is 0 Å². The van der Waals surface area contributed by atoms with Crippen LogP contribution in [0.4, 0.5) is 5.69 Å². The second kappa shape index (κ2) is 7.61. The molecule has 0 radical (unpaired) electrons. The maximum atomic E-state index is 12.0. The Bertz CT molecular complexity index is 640. The van der Waals surface area contributed by atoms with Gasteiger partial charge in [-0.3, -0.25) is 4.79 Å². The smallest absolute Gasteiger partial charge is 0.238 e. The van der Waals surface area contributed by atoms with Crippen molar-refractivity contribution >= 4 is 11.6 Å². The Morgan fingerprint density at radius 1 is 1.18 bits per heavy atom. The van der Waals surface area contributed by atoms with Gasteiger partial charge in [0.25, 0.3) is 0 Å². The summed E-state index contributed by atoms with van der Waals surface area (Å²) in [6.45, 7) is 4.25. The van der Waals surface area contributed by atoms with Gasteiger partial charge in [-0.2, -0.15) is 0 Å². The Hall–Kier alpha value is -2.33. The normalized spacial score (nSPS) is 11.8. The van der Waals surface area contributed by atoms with Crippen LogP contribution in [0.25, 0.3) is 0 Å². The van der Waals surface area contributed by atoms with Crippen LogP contribution in [0.5, 0.6) is 5.75 Å². The summed E-state index contributed by atoms with van der Waals surface area (Å²) in [6.07, 6.45) is 0. The zero-order valence-electron chi connectivity index (χ0n) is 13.2. The van der Waals surface area contributed by atoms with Crippen LogP contribution in [-0.2, 0) is 4.79 Å². The number of nitrogens with one attached hydrogen (secondary N) is 2. The van der Waals surface area contributed by atoms with E-state index in [-0.39, 0.29) is 18.5 Å². The number of hydrogen-bond donors (Lipinski definition) is 2. The average molecular weight is 298 g/mol. The number of carbonyl (C=O) groups excluding carboxylic acids is 1. The Kier molecular flexibility index (Phi) is 5.55. The van der Waals surface area contributed by atoms with Crippen LogP contribution < -0.4 is 15.4 Å². The largest absolute Gasteiger partial charge is 0.496 e. The fourth-order valence-electron chi connectivity index (χ4n) is 2.31. The van der Waals surface area contributed by atoms with Crippen molar-refractivity contribution in [3.63, 3.8) is 0 Å². The number of ether oxygens (including phenoxy) is 1. The predicted octanol–water partition coefficient (Wildman–Crippen LogP) is 3.29. The minimum Gasteiger partial charge on any atom is -0.496 e. The van der Waals surface area contributed by atoms with Crippen LogP contribution in [0.3, 0.4) is 0 Å². The van der Waals surface area contributed by atoms with Crippen molar-refractivity contribution in [3.8, 4) is 5.75 Å². The highest BCUT2D eigenvalue weighted by atomic mass is 16.5. The molecule has 0 fully saturated rings. The van der Waals surface area contributed by atoms with Gasteiger partial charge < -0.3 is 15.4 Å². The molecule has 2 aromatic rings. The molecule has 1 unspecified atom stereocenters. The van der Waals surface area contributed by atoms with E-state index in [1.165, 1.54) is 0 Å². The van der Waals surface area contributed by atoms with Gasteiger partial charge >= 0.3 is 0 Å². The van der Waals surface area contributed by atoms with E-state index in [9.17, 15) is 4.79 Å². The van der Waals surface area contributed by atoms with E-state index in [1.54, 1.807) is 7.11 Å². The number of anilines is 1. The average Bonchev–Trinajstić information content (AvgIpc) is 2.52. The maximum Gasteiger partial charge on any atom is 0.238 e. The van der Waals surface area contributed by atoms with E-state index in [0.29, 0.717) is 0 Å². The van der Waals surface area contributed by atoms with E-state index in [0.717, 1.165) is 22.6 Å². The molecular weight excluding hydrogens is 276 g/mol. The lowest BCUT2D eigenvalue weighted by molar-refractivity contribution is -0.115. The van der Waals surface area contributed by atoms with Gasteiger partial charge in [0.2, 0.25) is 5.91 Å². The number of aryl methyl sites for hydroxylation is 1. The second-order valence-corrected chi connectivity index (χ2v) is 5.26. The topological polar surface area (TPSA) is 50.4 Å². The minimum absolute atomic E-state index is 0.0272. The van der Waals surface area contributed by atoms with Crippen LogP contribution in [0, 0.1) is 6.92 Å². The third-order valence-electron chi connectivity index (χ3n) is 3.48. The fraction of sp³-hybridized carbons (Fsp3) is 0.278. The minimum atomic E-state index is -0.0626. The molecule has 1 atom stereocenters. The highest BCUT2D eigenvalue weighted by Gasteiger charge is 2.11. The number of rotatable bonds is 6. The molecule has 4 nitrogen and oxygen atoms in total. The Balaban J connectivity index is 1.90. The van der Waals surface area contributed by atoms with Crippen molar-refractivity contribution in [3.05, 3.63) is 59.7 Å². The molecule has 2 rings (SSSR count). The summed E-state index contributed by atoms with van der Waals surface area (Å²) in [6, 6.07) is 15.6. The van der Waals surface area contributed by atoms with Crippen LogP contribution in [-0.4, -0.2) is 19.6 Å². The Morgan fingerprint density at radius 3 is 2.68 bits per heavy atom. The van der Waals surface area contributed by atoms with Crippen molar-refractivity contribution in [2.24, 2.45) is 0 Å². The molecule has 0 bridgehead atoms. The molecule has 0 aromatic heterocycles. The van der Waals surface area contributed by atoms with Crippen LogP contribution >= 0.6 is 0 Å². The van der Waals surface area contributed by atoms with Gasteiger partial charge in [-0.25, -0.2) is 0 Å². The molecule has 0 heterocycles. The van der Waals surface area contributed by atoms with E-state index >= 15 is 0 Å². The number of para-hydroxylation sites is 1. The van der Waals surface area contributed by atoms with Crippen molar-refractivity contribution in [1.82, 2.24) is 5.32 Å². The third kappa shape index (κ3) is 4.33. The molecule has 2 N–H and O–H groups in total. The predicted molar refractivity (Wildman–Crippen MR) is 89.2 cm³/mol. The van der Waals surface area contributed by atoms with Gasteiger partial charge in [0.1, 0.15) is 5.75 Å². The zero-order chi connectivity index (χ0) is 15.9. The SMILES string of the molecule is COc1ccccc1C(C)NCC(=O)Nc1cccc(C)c1. The summed E-state index contributed by atoms with van der Waals surface area (Å²) in [5.41, 5.74) is 2.97. The highest BCUT2D eigenvalue weighted by molar-refractivity contribution is 5.92. The Morgan fingerprint density at radius 2 is 1.95 bits per heavy atom. The number of hydrogen-bond acceptors (Lipinski definition) is 3. The molecule has 2 aromatic carbocycles. The molecule has 1 amide bonds. The lowest BCUT2D eigenvalue weighted by Gasteiger charge is -2.17. The van der Waals surface area contributed by atoms with E-state index in [1.807, 2.05) is 62.4 Å². The van der Waals surface area contributed by atoms with Crippen LogP contribution in [0.15, 0.2) is 48.5 Å². The monoisotopic (exact) mass is 298 g/mol. The highest BCUT2D eigenvalue weighted by Crippen LogP contribution is 2.24. The first-order valence-electron chi connectivity index (χ1n) is 7.33. The lowest BCUT2D eigenvalue weighted by Crippen LogP contribution is -2.30. The summed E-state index contributed by atoms with van der Waals surface area (Å²) < 4.78 is 5.34. The zero-order valence-corrected chi connectivity index (χ0v) is 13.2. The van der Waals surface area contributed by atoms with Gasteiger partial charge in [0.05, 0.1) is 13.7 Å². The van der Waals surface area contributed by atoms with Crippen molar-refractivity contribution in [2.45, 2.75) is 19.9 Å². The molecule has 0 saturated carbocycles. The molecule has 0 saturated heterocycles. The van der Waals surface area contributed by atoms with Crippen molar-refractivity contribution < 1.29 is 9.53 Å². The molecular formula is C18H22N2O2. The summed E-state index contributed by atoms with van der Waals surface area (Å²) in [5, 5.41) is 6.10. The summed E-state index contributed by atoms with van der Waals surface area (Å²) in [7, 11) is 1.65.